The van der Waals surface area contributed by atoms with E-state index in [1.54, 1.807) is 0 Å². The van der Waals surface area contributed by atoms with Crippen molar-refractivity contribution < 1.29 is 0 Å². The minimum absolute atomic E-state index is 0. The molecule has 0 aliphatic rings. The van der Waals surface area contributed by atoms with E-state index in [9.17, 15) is 0 Å². The zero-order valence-electron chi connectivity index (χ0n) is 3.20. The summed E-state index contributed by atoms with van der Waals surface area (Å²) in [6.07, 6.45) is 0. The van der Waals surface area contributed by atoms with Gasteiger partial charge >= 0.3 is 51.7 Å². The Morgan fingerprint density at radius 2 is 0.667 bits per heavy atom. The molecule has 0 N–H and O–H groups in total. The first-order valence-corrected chi connectivity index (χ1v) is 0. The maximum absolute atomic E-state index is 0. The zero-order chi connectivity index (χ0) is 0. The van der Waals surface area contributed by atoms with Crippen LogP contribution in [0.2, 0.25) is 0 Å². The van der Waals surface area contributed by atoms with Gasteiger partial charge in [-0.05, 0) is 0 Å². The monoisotopic (exact) mass is 373 g/mol. The Morgan fingerprint density at radius 3 is 0.667 bits per heavy atom. The second-order valence-electron chi connectivity index (χ2n) is 0. The van der Waals surface area contributed by atoms with E-state index in [1.807, 2.05) is 0 Å². The summed E-state index contributed by atoms with van der Waals surface area (Å²) in [5.41, 5.74) is 0. The second kappa shape index (κ2) is 40.4. The molecule has 6 radical (unpaired) electrons. The summed E-state index contributed by atoms with van der Waals surface area (Å²) in [6.45, 7) is 0. The molecule has 0 aromatic heterocycles. The van der Waals surface area contributed by atoms with Crippen molar-refractivity contribution in [2.75, 3.05) is 0 Å². The molecule has 0 unspecified atom stereocenters. The molecule has 0 atom stereocenters. The molecule has 1 nitrogen and oxygen atoms in total. The summed E-state index contributed by atoms with van der Waals surface area (Å²) < 4.78 is 0. The van der Waals surface area contributed by atoms with Gasteiger partial charge in [0.2, 0.25) is 0 Å². The predicted molar refractivity (Wildman–Crippen MR) is 32.1 cm³/mol. The molecule has 0 fully saturated rings. The van der Waals surface area contributed by atoms with Crippen LogP contribution in [0, 0.1) is 0 Å². The molecule has 0 aromatic rings. The van der Waals surface area contributed by atoms with Crippen molar-refractivity contribution >= 4 is 104 Å². The fourth-order valence-electron chi connectivity index (χ4n) is 0. The van der Waals surface area contributed by atoms with E-state index in [1.165, 1.54) is 0 Å². The van der Waals surface area contributed by atoms with Gasteiger partial charge in [0, 0.05) is 34.7 Å². The molecule has 6 heavy (non-hydrogen) atoms. The maximum atomic E-state index is 0. The molecule has 22 valence electrons. The summed E-state index contributed by atoms with van der Waals surface area (Å²) >= 11 is 0. The summed E-state index contributed by atoms with van der Waals surface area (Å²) in [5, 5.41) is 0. The number of hydrogen-bond acceptors (Lipinski definition) is 0. The number of hydrogen-bond donors (Lipinski definition) is 0. The van der Waals surface area contributed by atoms with Gasteiger partial charge in [-0.3, -0.25) is 0 Å². The zero-order valence-corrected chi connectivity index (χ0v) is 14.0. The van der Waals surface area contributed by atoms with Gasteiger partial charge in [-0.15, -0.1) is 0 Å². The predicted octanol–water partition coefficient (Wildman–Crippen LogP) is -1.62. The Balaban J connectivity index is 0. The van der Waals surface area contributed by atoms with Crippen molar-refractivity contribution in [3.63, 3.8) is 0 Å². The Labute approximate surface area is 109 Å². The van der Waals surface area contributed by atoms with Crippen LogP contribution in [-0.4, -0.2) is 104 Å². The van der Waals surface area contributed by atoms with E-state index >= 15 is 0 Å². The van der Waals surface area contributed by atoms with Gasteiger partial charge in [0.05, 0.1) is 0 Å². The molecule has 0 aromatic carbocycles. The molecule has 0 aliphatic carbocycles. The van der Waals surface area contributed by atoms with E-state index in [2.05, 4.69) is 0 Å². The molecule has 6 heteroatoms. The summed E-state index contributed by atoms with van der Waals surface area (Å²) in [4.78, 5) is 0. The van der Waals surface area contributed by atoms with Crippen LogP contribution >= 0.6 is 0 Å². The second-order valence-corrected chi connectivity index (χ2v) is 0. The van der Waals surface area contributed by atoms with Gasteiger partial charge in [0.25, 0.3) is 0 Å². The summed E-state index contributed by atoms with van der Waals surface area (Å²) in [6, 6.07) is 0. The first kappa shape index (κ1) is 58.5. The Bertz CT molecular complexity index is 11.5. The first-order valence-electron chi connectivity index (χ1n) is 0. The normalized spacial score (nSPS) is 0. The fraction of sp³-hybridized carbons (Fsp3) is 0. The van der Waals surface area contributed by atoms with Gasteiger partial charge < -0.3 is 24.1 Å². The molecular formula is Al2AsIn2N. The van der Waals surface area contributed by atoms with Gasteiger partial charge in [0.15, 0.2) is 0 Å². The average Bonchev–Trinajstić information content (AvgIpc) is 0. The van der Waals surface area contributed by atoms with Crippen LogP contribution in [0.3, 0.4) is 0 Å². The largest absolute Gasteiger partial charge is 3.00 e. The molecule has 0 bridgehead atoms. The van der Waals surface area contributed by atoms with E-state index in [4.69, 9.17) is 0 Å². The van der Waals surface area contributed by atoms with Gasteiger partial charge in [-0.1, -0.05) is 0 Å². The van der Waals surface area contributed by atoms with Crippen molar-refractivity contribution in [1.29, 1.82) is 0 Å². The minimum atomic E-state index is 0. The van der Waals surface area contributed by atoms with E-state index in [0.29, 0.717) is 0 Å². The fourth-order valence-corrected chi connectivity index (χ4v) is 0. The third-order valence-electron chi connectivity index (χ3n) is 0. The molecular weight excluding hydrogens is 373 g/mol. The average molecular weight is 373 g/mol. The van der Waals surface area contributed by atoms with E-state index in [0.717, 1.165) is 0 Å². The van der Waals surface area contributed by atoms with E-state index in [-0.39, 0.29) is 111 Å². The quantitative estimate of drug-likeness (QED) is 0.458. The van der Waals surface area contributed by atoms with Crippen LogP contribution in [0.4, 0.5) is 0 Å². The van der Waals surface area contributed by atoms with Crippen LogP contribution in [0.5, 0.6) is 0 Å². The third kappa shape index (κ3) is 26.5. The molecule has 0 saturated carbocycles. The number of nitrogens with zero attached hydrogens (tertiary/aromatic N) is 1. The SMILES string of the molecule is [Al].[Al].[As-3].[In+3].[In+3].[N-3]. The Kier molecular flexibility index (Phi) is 394. The smallest absolute Gasteiger partial charge is 3.00 e. The summed E-state index contributed by atoms with van der Waals surface area (Å²) in [5.74, 6) is 0. The van der Waals surface area contributed by atoms with Crippen molar-refractivity contribution in [2.45, 2.75) is 0 Å². The van der Waals surface area contributed by atoms with Crippen LogP contribution in [0.15, 0.2) is 0 Å². The first-order chi connectivity index (χ1) is 0. The van der Waals surface area contributed by atoms with Gasteiger partial charge in [-0.25, -0.2) is 0 Å². The van der Waals surface area contributed by atoms with Crippen molar-refractivity contribution in [3.05, 3.63) is 6.15 Å². The van der Waals surface area contributed by atoms with Gasteiger partial charge in [-0.2, -0.15) is 0 Å². The summed E-state index contributed by atoms with van der Waals surface area (Å²) in [7, 11) is 0. The number of rotatable bonds is 0. The molecule has 0 rings (SSSR count). The molecule has 0 saturated heterocycles. The molecule has 0 aliphatic heterocycles. The molecule has 0 spiro atoms. The van der Waals surface area contributed by atoms with Crippen molar-refractivity contribution in [2.24, 2.45) is 0 Å². The standard InChI is InChI=1S/2Al.As.2In.N/q;;-3;2*+3;-3. The van der Waals surface area contributed by atoms with Crippen LogP contribution in [0.25, 0.3) is 6.15 Å². The topological polar surface area (TPSA) is 30.5 Å². The maximum Gasteiger partial charge on any atom is 3.00 e. The van der Waals surface area contributed by atoms with Crippen LogP contribution in [-0.2, 0) is 0 Å². The Morgan fingerprint density at radius 1 is 0.667 bits per heavy atom. The van der Waals surface area contributed by atoms with Crippen molar-refractivity contribution in [1.82, 2.24) is 0 Å². The van der Waals surface area contributed by atoms with E-state index < -0.39 is 0 Å². The van der Waals surface area contributed by atoms with Gasteiger partial charge in [0.1, 0.15) is 0 Å². The van der Waals surface area contributed by atoms with Crippen LogP contribution in [0.1, 0.15) is 0 Å². The molecule has 0 heterocycles. The molecule has 0 amide bonds. The third-order valence-corrected chi connectivity index (χ3v) is 0. The minimum Gasteiger partial charge on any atom is -3.00 e. The Hall–Kier alpha value is 3.32. The van der Waals surface area contributed by atoms with Crippen LogP contribution < -0.4 is 0 Å². The van der Waals surface area contributed by atoms with Crippen molar-refractivity contribution in [3.8, 4) is 0 Å².